The quantitative estimate of drug-likeness (QED) is 0.646. The zero-order chi connectivity index (χ0) is 10.8. The second-order valence-electron chi connectivity index (χ2n) is 3.33. The van der Waals surface area contributed by atoms with E-state index in [0.717, 1.165) is 18.6 Å². The number of thioether (sulfide) groups is 1. The molecule has 0 saturated heterocycles. The van der Waals surface area contributed by atoms with E-state index in [-0.39, 0.29) is 12.5 Å². The van der Waals surface area contributed by atoms with Crippen molar-refractivity contribution in [3.05, 3.63) is 0 Å². The topological polar surface area (TPSA) is 49.3 Å². The van der Waals surface area contributed by atoms with Gasteiger partial charge in [0.05, 0.1) is 0 Å². The number of aliphatic hydroxyl groups excluding tert-OH is 1. The van der Waals surface area contributed by atoms with Crippen molar-refractivity contribution in [2.24, 2.45) is 5.92 Å². The summed E-state index contributed by atoms with van der Waals surface area (Å²) in [4.78, 5) is 11.2. The molecule has 2 N–H and O–H groups in total. The van der Waals surface area contributed by atoms with E-state index < -0.39 is 0 Å². The molecule has 1 unspecified atom stereocenters. The molecule has 0 rings (SSSR count). The maximum atomic E-state index is 11.2. The van der Waals surface area contributed by atoms with Crippen molar-refractivity contribution in [3.8, 4) is 0 Å². The van der Waals surface area contributed by atoms with E-state index in [1.54, 1.807) is 11.8 Å². The molecule has 0 aromatic carbocycles. The molecule has 0 radical (unpaired) electrons. The largest absolute Gasteiger partial charge is 0.396 e. The highest BCUT2D eigenvalue weighted by Gasteiger charge is 2.07. The smallest absolute Gasteiger partial charge is 0.220 e. The van der Waals surface area contributed by atoms with Gasteiger partial charge < -0.3 is 10.4 Å². The molecule has 1 amide bonds. The predicted octanol–water partition coefficient (Wildman–Crippen LogP) is 1.26. The standard InChI is InChI=1S/C10H21NO2S/c1-3-9(4-6-12)8-11-10(13)5-7-14-2/h9,12H,3-8H2,1-2H3,(H,11,13). The van der Waals surface area contributed by atoms with Gasteiger partial charge in [0, 0.05) is 25.3 Å². The average Bonchev–Trinajstić information content (AvgIpc) is 2.21. The van der Waals surface area contributed by atoms with Crippen LogP contribution in [0.3, 0.4) is 0 Å². The fourth-order valence-corrected chi connectivity index (χ4v) is 1.56. The van der Waals surface area contributed by atoms with Crippen LogP contribution in [-0.4, -0.2) is 36.2 Å². The zero-order valence-electron chi connectivity index (χ0n) is 9.08. The maximum absolute atomic E-state index is 11.2. The van der Waals surface area contributed by atoms with Gasteiger partial charge in [-0.25, -0.2) is 0 Å². The zero-order valence-corrected chi connectivity index (χ0v) is 9.90. The molecule has 1 atom stereocenters. The van der Waals surface area contributed by atoms with E-state index in [2.05, 4.69) is 12.2 Å². The minimum atomic E-state index is 0.121. The first-order valence-electron chi connectivity index (χ1n) is 5.11. The highest BCUT2D eigenvalue weighted by Crippen LogP contribution is 2.05. The fourth-order valence-electron chi connectivity index (χ4n) is 1.17. The molecule has 14 heavy (non-hydrogen) atoms. The molecule has 0 saturated carbocycles. The number of hydrogen-bond acceptors (Lipinski definition) is 3. The Morgan fingerprint density at radius 1 is 1.57 bits per heavy atom. The van der Waals surface area contributed by atoms with E-state index in [9.17, 15) is 4.79 Å². The Morgan fingerprint density at radius 3 is 2.79 bits per heavy atom. The molecule has 0 fully saturated rings. The lowest BCUT2D eigenvalue weighted by atomic mass is 10.0. The third-order valence-corrected chi connectivity index (χ3v) is 2.85. The minimum Gasteiger partial charge on any atom is -0.396 e. The van der Waals surface area contributed by atoms with Gasteiger partial charge in [-0.2, -0.15) is 11.8 Å². The number of amides is 1. The number of hydrogen-bond donors (Lipinski definition) is 2. The number of aliphatic hydroxyl groups is 1. The van der Waals surface area contributed by atoms with Crippen LogP contribution in [0, 0.1) is 5.92 Å². The van der Waals surface area contributed by atoms with Crippen molar-refractivity contribution < 1.29 is 9.90 Å². The van der Waals surface area contributed by atoms with Crippen molar-refractivity contribution in [1.29, 1.82) is 0 Å². The SMILES string of the molecule is CCC(CCO)CNC(=O)CCSC. The van der Waals surface area contributed by atoms with Crippen LogP contribution in [0.1, 0.15) is 26.2 Å². The first-order chi connectivity index (χ1) is 6.74. The summed E-state index contributed by atoms with van der Waals surface area (Å²) in [5.74, 6) is 1.41. The van der Waals surface area contributed by atoms with Gasteiger partial charge in [-0.3, -0.25) is 4.79 Å². The van der Waals surface area contributed by atoms with Gasteiger partial charge in [0.25, 0.3) is 0 Å². The molecule has 4 heteroatoms. The second-order valence-corrected chi connectivity index (χ2v) is 4.32. The van der Waals surface area contributed by atoms with Crippen LogP contribution in [0.15, 0.2) is 0 Å². The molecule has 0 aliphatic rings. The number of carbonyl (C=O) groups excluding carboxylic acids is 1. The van der Waals surface area contributed by atoms with Crippen LogP contribution >= 0.6 is 11.8 Å². The van der Waals surface area contributed by atoms with Crippen LogP contribution in [0.5, 0.6) is 0 Å². The van der Waals surface area contributed by atoms with Gasteiger partial charge in [0.15, 0.2) is 0 Å². The molecule has 0 aromatic rings. The molecule has 0 aliphatic heterocycles. The van der Waals surface area contributed by atoms with E-state index in [0.29, 0.717) is 18.9 Å². The highest BCUT2D eigenvalue weighted by atomic mass is 32.2. The van der Waals surface area contributed by atoms with Crippen molar-refractivity contribution >= 4 is 17.7 Å². The molecule has 0 aliphatic carbocycles. The first-order valence-corrected chi connectivity index (χ1v) is 6.50. The molecule has 0 aromatic heterocycles. The van der Waals surface area contributed by atoms with Crippen molar-refractivity contribution in [2.75, 3.05) is 25.2 Å². The Labute approximate surface area is 90.7 Å². The van der Waals surface area contributed by atoms with Crippen LogP contribution in [0.4, 0.5) is 0 Å². The predicted molar refractivity (Wildman–Crippen MR) is 61.5 cm³/mol. The Bertz CT molecular complexity index is 153. The lowest BCUT2D eigenvalue weighted by Gasteiger charge is -2.13. The van der Waals surface area contributed by atoms with Crippen molar-refractivity contribution in [3.63, 3.8) is 0 Å². The molecule has 84 valence electrons. The summed E-state index contributed by atoms with van der Waals surface area (Å²) >= 11 is 1.68. The number of rotatable bonds is 8. The van der Waals surface area contributed by atoms with Crippen LogP contribution in [0.25, 0.3) is 0 Å². The van der Waals surface area contributed by atoms with E-state index >= 15 is 0 Å². The summed E-state index contributed by atoms with van der Waals surface area (Å²) in [5.41, 5.74) is 0. The molecule has 3 nitrogen and oxygen atoms in total. The van der Waals surface area contributed by atoms with E-state index in [4.69, 9.17) is 5.11 Å². The molecular weight excluding hydrogens is 198 g/mol. The average molecular weight is 219 g/mol. The van der Waals surface area contributed by atoms with E-state index in [1.807, 2.05) is 6.26 Å². The summed E-state index contributed by atoms with van der Waals surface area (Å²) in [5, 5.41) is 11.6. The normalized spacial score (nSPS) is 12.5. The molecule has 0 bridgehead atoms. The number of nitrogens with one attached hydrogen (secondary N) is 1. The molecular formula is C10H21NO2S. The monoisotopic (exact) mass is 219 g/mol. The van der Waals surface area contributed by atoms with Gasteiger partial charge in [-0.15, -0.1) is 0 Å². The summed E-state index contributed by atoms with van der Waals surface area (Å²) in [6.07, 6.45) is 4.37. The highest BCUT2D eigenvalue weighted by molar-refractivity contribution is 7.98. The molecule has 0 heterocycles. The summed E-state index contributed by atoms with van der Waals surface area (Å²) in [6, 6.07) is 0. The fraction of sp³-hybridized carbons (Fsp3) is 0.900. The Balaban J connectivity index is 3.52. The maximum Gasteiger partial charge on any atom is 0.220 e. The van der Waals surface area contributed by atoms with Crippen molar-refractivity contribution in [1.82, 2.24) is 5.32 Å². The van der Waals surface area contributed by atoms with Crippen LogP contribution in [-0.2, 0) is 4.79 Å². The Kier molecular flexibility index (Phi) is 9.19. The Morgan fingerprint density at radius 2 is 2.29 bits per heavy atom. The van der Waals surface area contributed by atoms with Gasteiger partial charge in [-0.05, 0) is 18.6 Å². The van der Waals surface area contributed by atoms with Gasteiger partial charge in [0.1, 0.15) is 0 Å². The van der Waals surface area contributed by atoms with E-state index in [1.165, 1.54) is 0 Å². The lowest BCUT2D eigenvalue weighted by Crippen LogP contribution is -2.29. The third kappa shape index (κ3) is 7.21. The summed E-state index contributed by atoms with van der Waals surface area (Å²) in [7, 11) is 0. The van der Waals surface area contributed by atoms with Gasteiger partial charge in [-0.1, -0.05) is 13.3 Å². The van der Waals surface area contributed by atoms with Gasteiger partial charge >= 0.3 is 0 Å². The summed E-state index contributed by atoms with van der Waals surface area (Å²) in [6.45, 7) is 2.98. The third-order valence-electron chi connectivity index (χ3n) is 2.24. The van der Waals surface area contributed by atoms with Crippen LogP contribution in [0.2, 0.25) is 0 Å². The van der Waals surface area contributed by atoms with Crippen molar-refractivity contribution in [2.45, 2.75) is 26.2 Å². The molecule has 0 spiro atoms. The van der Waals surface area contributed by atoms with Gasteiger partial charge in [0.2, 0.25) is 5.91 Å². The summed E-state index contributed by atoms with van der Waals surface area (Å²) < 4.78 is 0. The lowest BCUT2D eigenvalue weighted by molar-refractivity contribution is -0.120. The van der Waals surface area contributed by atoms with Crippen LogP contribution < -0.4 is 5.32 Å². The number of carbonyl (C=O) groups is 1. The second kappa shape index (κ2) is 9.34. The minimum absolute atomic E-state index is 0.121. The Hall–Kier alpha value is -0.220. The first kappa shape index (κ1) is 13.8.